The number of nitrogens with one attached hydrogen (secondary N) is 2. The first kappa shape index (κ1) is 12.1. The van der Waals surface area contributed by atoms with Crippen LogP contribution < -0.4 is 20.1 Å². The highest BCUT2D eigenvalue weighted by Gasteiger charge is 2.53. The summed E-state index contributed by atoms with van der Waals surface area (Å²) in [6.07, 6.45) is 0.328. The second-order valence-corrected chi connectivity index (χ2v) is 4.77. The number of hydrogen-bond donors (Lipinski definition) is 2. The molecule has 0 saturated carbocycles. The van der Waals surface area contributed by atoms with Crippen molar-refractivity contribution in [2.75, 3.05) is 13.7 Å². The molecule has 19 heavy (non-hydrogen) atoms. The summed E-state index contributed by atoms with van der Waals surface area (Å²) in [5, 5.41) is 5.28. The van der Waals surface area contributed by atoms with E-state index in [1.54, 1.807) is 12.1 Å². The molecule has 0 bridgehead atoms. The van der Waals surface area contributed by atoms with Gasteiger partial charge in [0.15, 0.2) is 5.54 Å². The smallest absolute Gasteiger partial charge is 0.322 e. The molecule has 1 aromatic carbocycles. The van der Waals surface area contributed by atoms with Crippen LogP contribution in [-0.4, -0.2) is 25.7 Å². The highest BCUT2D eigenvalue weighted by atomic mass is 35.5. The molecule has 3 amide bonds. The second kappa shape index (κ2) is 4.03. The SMILES string of the molecule is COc1ccc(Cl)c2c1C1(CCO2)NC(=O)NC1=O. The Balaban J connectivity index is 2.27. The van der Waals surface area contributed by atoms with Gasteiger partial charge in [0, 0.05) is 6.42 Å². The van der Waals surface area contributed by atoms with Gasteiger partial charge in [0.25, 0.3) is 5.91 Å². The van der Waals surface area contributed by atoms with E-state index in [4.69, 9.17) is 21.1 Å². The molecular formula is C12H11ClN2O4. The van der Waals surface area contributed by atoms with Gasteiger partial charge in [0.05, 0.1) is 24.3 Å². The predicted octanol–water partition coefficient (Wildman–Crippen LogP) is 1.17. The highest BCUT2D eigenvalue weighted by molar-refractivity contribution is 6.32. The summed E-state index contributed by atoms with van der Waals surface area (Å²) in [5.41, 5.74) is -0.696. The summed E-state index contributed by atoms with van der Waals surface area (Å²) < 4.78 is 10.8. The van der Waals surface area contributed by atoms with Crippen molar-refractivity contribution < 1.29 is 19.1 Å². The maximum atomic E-state index is 12.2. The second-order valence-electron chi connectivity index (χ2n) is 4.37. The van der Waals surface area contributed by atoms with Crippen molar-refractivity contribution in [3.05, 3.63) is 22.7 Å². The number of urea groups is 1. The molecule has 1 aromatic rings. The number of halogens is 1. The molecule has 100 valence electrons. The molecule has 6 nitrogen and oxygen atoms in total. The van der Waals surface area contributed by atoms with Crippen molar-refractivity contribution in [1.29, 1.82) is 0 Å². The zero-order chi connectivity index (χ0) is 13.6. The molecule has 1 unspecified atom stereocenters. The summed E-state index contributed by atoms with van der Waals surface area (Å²) in [5.74, 6) is 0.420. The molecular weight excluding hydrogens is 272 g/mol. The molecule has 2 N–H and O–H groups in total. The Hall–Kier alpha value is -1.95. The number of benzene rings is 1. The van der Waals surface area contributed by atoms with E-state index in [1.807, 2.05) is 0 Å². The van der Waals surface area contributed by atoms with E-state index in [1.165, 1.54) is 7.11 Å². The fourth-order valence-corrected chi connectivity index (χ4v) is 2.74. The minimum atomic E-state index is -1.17. The van der Waals surface area contributed by atoms with Gasteiger partial charge >= 0.3 is 6.03 Å². The Morgan fingerprint density at radius 1 is 1.42 bits per heavy atom. The molecule has 0 radical (unpaired) electrons. The van der Waals surface area contributed by atoms with Crippen LogP contribution in [0.4, 0.5) is 4.79 Å². The van der Waals surface area contributed by atoms with Gasteiger partial charge in [-0.1, -0.05) is 11.6 Å². The lowest BCUT2D eigenvalue weighted by atomic mass is 9.84. The van der Waals surface area contributed by atoms with Gasteiger partial charge in [-0.15, -0.1) is 0 Å². The van der Waals surface area contributed by atoms with Gasteiger partial charge in [-0.3, -0.25) is 10.1 Å². The molecule has 1 saturated heterocycles. The molecule has 1 spiro atoms. The predicted molar refractivity (Wildman–Crippen MR) is 66.5 cm³/mol. The van der Waals surface area contributed by atoms with E-state index in [-0.39, 0.29) is 6.61 Å². The van der Waals surface area contributed by atoms with Crippen molar-refractivity contribution in [3.8, 4) is 11.5 Å². The van der Waals surface area contributed by atoms with Crippen molar-refractivity contribution in [1.82, 2.24) is 10.6 Å². The van der Waals surface area contributed by atoms with Gasteiger partial charge in [-0.25, -0.2) is 4.79 Å². The topological polar surface area (TPSA) is 76.7 Å². The Kier molecular flexibility index (Phi) is 2.56. The molecule has 7 heteroatoms. The number of ether oxygens (including phenoxy) is 2. The van der Waals surface area contributed by atoms with E-state index in [9.17, 15) is 9.59 Å². The zero-order valence-electron chi connectivity index (χ0n) is 10.1. The lowest BCUT2D eigenvalue weighted by Crippen LogP contribution is -2.47. The molecule has 0 aliphatic carbocycles. The maximum Gasteiger partial charge on any atom is 0.322 e. The molecule has 1 atom stereocenters. The molecule has 2 aliphatic heterocycles. The average Bonchev–Trinajstić information content (AvgIpc) is 2.66. The lowest BCUT2D eigenvalue weighted by molar-refractivity contribution is -0.125. The third kappa shape index (κ3) is 1.56. The first-order chi connectivity index (χ1) is 9.08. The largest absolute Gasteiger partial charge is 0.496 e. The summed E-state index contributed by atoms with van der Waals surface area (Å²) in [7, 11) is 1.49. The Bertz CT molecular complexity index is 589. The Labute approximate surface area is 114 Å². The van der Waals surface area contributed by atoms with Gasteiger partial charge < -0.3 is 14.8 Å². The number of imide groups is 1. The standard InChI is InChI=1S/C12H11ClN2O4/c1-18-7-3-2-6(13)9-8(7)12(4-5-19-9)10(16)14-11(17)15-12/h2-3H,4-5H2,1H3,(H2,14,15,16,17). The minimum absolute atomic E-state index is 0.285. The number of fused-ring (bicyclic) bond motifs is 2. The van der Waals surface area contributed by atoms with Crippen LogP contribution in [0.5, 0.6) is 11.5 Å². The number of hydrogen-bond acceptors (Lipinski definition) is 4. The van der Waals surface area contributed by atoms with Crippen LogP contribution in [-0.2, 0) is 10.3 Å². The van der Waals surface area contributed by atoms with E-state index < -0.39 is 17.5 Å². The first-order valence-electron chi connectivity index (χ1n) is 5.72. The van der Waals surface area contributed by atoms with Crippen LogP contribution in [0.3, 0.4) is 0 Å². The van der Waals surface area contributed by atoms with Crippen LogP contribution in [0, 0.1) is 0 Å². The van der Waals surface area contributed by atoms with E-state index in [2.05, 4.69) is 10.6 Å². The van der Waals surface area contributed by atoms with Gasteiger partial charge in [0.1, 0.15) is 11.5 Å². The molecule has 2 aliphatic rings. The Morgan fingerprint density at radius 2 is 2.21 bits per heavy atom. The maximum absolute atomic E-state index is 12.2. The van der Waals surface area contributed by atoms with Crippen LogP contribution >= 0.6 is 11.6 Å². The van der Waals surface area contributed by atoms with E-state index >= 15 is 0 Å². The number of carbonyl (C=O) groups excluding carboxylic acids is 2. The van der Waals surface area contributed by atoms with Crippen molar-refractivity contribution >= 4 is 23.5 Å². The van der Waals surface area contributed by atoms with Crippen LogP contribution in [0.15, 0.2) is 12.1 Å². The first-order valence-corrected chi connectivity index (χ1v) is 6.09. The van der Waals surface area contributed by atoms with E-state index in [0.717, 1.165) is 0 Å². The number of carbonyl (C=O) groups is 2. The van der Waals surface area contributed by atoms with Crippen LogP contribution in [0.2, 0.25) is 5.02 Å². The van der Waals surface area contributed by atoms with Crippen LogP contribution in [0.1, 0.15) is 12.0 Å². The van der Waals surface area contributed by atoms with Crippen molar-refractivity contribution in [2.24, 2.45) is 0 Å². The van der Waals surface area contributed by atoms with Crippen LogP contribution in [0.25, 0.3) is 0 Å². The average molecular weight is 283 g/mol. The highest BCUT2D eigenvalue weighted by Crippen LogP contribution is 2.47. The van der Waals surface area contributed by atoms with Gasteiger partial charge in [0.2, 0.25) is 0 Å². The molecule has 2 heterocycles. The van der Waals surface area contributed by atoms with Gasteiger partial charge in [-0.05, 0) is 12.1 Å². The minimum Gasteiger partial charge on any atom is -0.496 e. The lowest BCUT2D eigenvalue weighted by Gasteiger charge is -2.34. The number of amides is 3. The fraction of sp³-hybridized carbons (Fsp3) is 0.333. The molecule has 3 rings (SSSR count). The monoisotopic (exact) mass is 282 g/mol. The normalized spacial score (nSPS) is 24.5. The summed E-state index contributed by atoms with van der Waals surface area (Å²) >= 11 is 6.09. The molecule has 1 fully saturated rings. The van der Waals surface area contributed by atoms with Crippen molar-refractivity contribution in [2.45, 2.75) is 12.0 Å². The molecule has 0 aromatic heterocycles. The van der Waals surface area contributed by atoms with E-state index in [0.29, 0.717) is 28.5 Å². The summed E-state index contributed by atoms with van der Waals surface area (Å²) in [6.45, 7) is 0.285. The number of methoxy groups -OCH3 is 1. The van der Waals surface area contributed by atoms with Crippen molar-refractivity contribution in [3.63, 3.8) is 0 Å². The third-order valence-corrected chi connectivity index (χ3v) is 3.68. The van der Waals surface area contributed by atoms with Gasteiger partial charge in [-0.2, -0.15) is 0 Å². The quantitative estimate of drug-likeness (QED) is 0.758. The fourth-order valence-electron chi connectivity index (χ4n) is 2.53. The summed E-state index contributed by atoms with van der Waals surface area (Å²) in [4.78, 5) is 23.6. The third-order valence-electron chi connectivity index (χ3n) is 3.38. The Morgan fingerprint density at radius 3 is 2.84 bits per heavy atom. The number of rotatable bonds is 1. The zero-order valence-corrected chi connectivity index (χ0v) is 10.8. The summed E-state index contributed by atoms with van der Waals surface area (Å²) in [6, 6.07) is 2.75.